The van der Waals surface area contributed by atoms with E-state index in [4.69, 9.17) is 19.3 Å². The summed E-state index contributed by atoms with van der Waals surface area (Å²) in [6, 6.07) is 6.87. The Morgan fingerprint density at radius 3 is 2.94 bits per heavy atom. The molecular formula is C28H40O4. The fourth-order valence-electron chi connectivity index (χ4n) is 7.48. The van der Waals surface area contributed by atoms with Gasteiger partial charge in [-0.1, -0.05) is 31.6 Å². The third kappa shape index (κ3) is 4.15. The van der Waals surface area contributed by atoms with Gasteiger partial charge in [-0.05, 0) is 97.3 Å². The van der Waals surface area contributed by atoms with E-state index >= 15 is 0 Å². The fourth-order valence-corrected chi connectivity index (χ4v) is 7.48. The first-order chi connectivity index (χ1) is 15.6. The van der Waals surface area contributed by atoms with Crippen molar-refractivity contribution in [3.63, 3.8) is 0 Å². The molecule has 0 aromatic heterocycles. The molecule has 3 fully saturated rings. The van der Waals surface area contributed by atoms with Crippen molar-refractivity contribution >= 4 is 0 Å². The van der Waals surface area contributed by atoms with Crippen molar-refractivity contribution in [1.29, 1.82) is 0 Å². The first-order valence-corrected chi connectivity index (χ1v) is 12.9. The van der Waals surface area contributed by atoms with Crippen LogP contribution in [0.2, 0.25) is 0 Å². The van der Waals surface area contributed by atoms with Crippen molar-refractivity contribution in [2.45, 2.75) is 77.4 Å². The zero-order valence-corrected chi connectivity index (χ0v) is 19.9. The van der Waals surface area contributed by atoms with Gasteiger partial charge in [0.05, 0.1) is 26.4 Å². The summed E-state index contributed by atoms with van der Waals surface area (Å²) in [5, 5.41) is 8.97. The number of hydrogen-bond donors (Lipinski definition) is 1. The lowest BCUT2D eigenvalue weighted by atomic mass is 9.52. The molecule has 1 N–H and O–H groups in total. The number of fused-ring (bicyclic) bond motifs is 5. The number of aliphatic hydroxyl groups excluding tert-OH is 1. The summed E-state index contributed by atoms with van der Waals surface area (Å²) in [5.74, 6) is 3.88. The van der Waals surface area contributed by atoms with Crippen LogP contribution in [0.3, 0.4) is 0 Å². The predicted molar refractivity (Wildman–Crippen MR) is 126 cm³/mol. The normalized spacial score (nSPS) is 37.6. The molecule has 0 amide bonds. The van der Waals surface area contributed by atoms with Crippen LogP contribution in [0.25, 0.3) is 0 Å². The number of rotatable bonds is 6. The van der Waals surface area contributed by atoms with Crippen LogP contribution in [0.15, 0.2) is 29.8 Å². The van der Waals surface area contributed by atoms with E-state index in [9.17, 15) is 0 Å². The van der Waals surface area contributed by atoms with Gasteiger partial charge < -0.3 is 19.3 Å². The molecule has 1 aliphatic heterocycles. The second kappa shape index (κ2) is 9.48. The first-order valence-electron chi connectivity index (χ1n) is 12.9. The number of benzene rings is 1. The lowest BCUT2D eigenvalue weighted by Crippen LogP contribution is -2.43. The van der Waals surface area contributed by atoms with Crippen LogP contribution in [-0.2, 0) is 15.9 Å². The Bertz CT molecular complexity index is 827. The van der Waals surface area contributed by atoms with Gasteiger partial charge in [0.1, 0.15) is 5.75 Å². The van der Waals surface area contributed by atoms with Gasteiger partial charge in [-0.15, -0.1) is 0 Å². The Kier molecular flexibility index (Phi) is 6.65. The summed E-state index contributed by atoms with van der Waals surface area (Å²) >= 11 is 0. The van der Waals surface area contributed by atoms with Gasteiger partial charge in [0, 0.05) is 6.42 Å². The summed E-state index contributed by atoms with van der Waals surface area (Å²) in [7, 11) is 0. The van der Waals surface area contributed by atoms with E-state index in [1.807, 2.05) is 0 Å². The lowest BCUT2D eigenvalue weighted by Gasteiger charge is -2.52. The topological polar surface area (TPSA) is 47.9 Å². The number of allylic oxidation sites excluding steroid dienone is 1. The van der Waals surface area contributed by atoms with Gasteiger partial charge >= 0.3 is 0 Å². The Balaban J connectivity index is 1.33. The highest BCUT2D eigenvalue weighted by Gasteiger charge is 2.54. The highest BCUT2D eigenvalue weighted by Crippen LogP contribution is 2.63. The third-order valence-corrected chi connectivity index (χ3v) is 8.98. The van der Waals surface area contributed by atoms with E-state index in [0.717, 1.165) is 43.5 Å². The molecule has 6 atom stereocenters. The molecule has 4 nitrogen and oxygen atoms in total. The van der Waals surface area contributed by atoms with Crippen molar-refractivity contribution in [2.24, 2.45) is 23.2 Å². The molecule has 0 spiro atoms. The lowest BCUT2D eigenvalue weighted by molar-refractivity contribution is -0.105. The largest absolute Gasteiger partial charge is 0.465 e. The Hall–Kier alpha value is -1.36. The van der Waals surface area contributed by atoms with Gasteiger partial charge in [-0.3, -0.25) is 0 Å². The summed E-state index contributed by atoms with van der Waals surface area (Å²) in [5.41, 5.74) is 5.00. The van der Waals surface area contributed by atoms with Crippen LogP contribution in [0.1, 0.15) is 75.8 Å². The average molecular weight is 441 g/mol. The maximum absolute atomic E-state index is 8.97. The van der Waals surface area contributed by atoms with E-state index in [1.54, 1.807) is 11.1 Å². The highest BCUT2D eigenvalue weighted by molar-refractivity contribution is 5.42. The molecule has 1 aromatic rings. The van der Waals surface area contributed by atoms with Crippen LogP contribution in [0.5, 0.6) is 5.75 Å². The van der Waals surface area contributed by atoms with Crippen molar-refractivity contribution < 1.29 is 19.3 Å². The molecule has 5 rings (SSSR count). The number of hydrogen-bond acceptors (Lipinski definition) is 4. The second-order valence-corrected chi connectivity index (χ2v) is 10.8. The smallest absolute Gasteiger partial charge is 0.199 e. The van der Waals surface area contributed by atoms with E-state index in [2.05, 4.69) is 38.1 Å². The van der Waals surface area contributed by atoms with E-state index < -0.39 is 0 Å². The van der Waals surface area contributed by atoms with E-state index in [1.165, 1.54) is 37.7 Å². The van der Waals surface area contributed by atoms with E-state index in [0.29, 0.717) is 30.5 Å². The van der Waals surface area contributed by atoms with Crippen molar-refractivity contribution in [2.75, 3.05) is 26.4 Å². The predicted octanol–water partition coefficient (Wildman–Crippen LogP) is 5.63. The number of ether oxygens (including phenoxy) is 3. The van der Waals surface area contributed by atoms with E-state index in [-0.39, 0.29) is 12.9 Å². The molecule has 2 saturated carbocycles. The molecule has 0 radical (unpaired) electrons. The van der Waals surface area contributed by atoms with Gasteiger partial charge in [0.15, 0.2) is 6.29 Å². The number of aliphatic hydroxyl groups is 1. The van der Waals surface area contributed by atoms with Gasteiger partial charge in [0.2, 0.25) is 0 Å². The van der Waals surface area contributed by atoms with Crippen molar-refractivity contribution in [3.05, 3.63) is 41.0 Å². The quantitative estimate of drug-likeness (QED) is 0.460. The van der Waals surface area contributed by atoms with Crippen molar-refractivity contribution in [3.8, 4) is 5.75 Å². The van der Waals surface area contributed by atoms with Crippen LogP contribution < -0.4 is 4.74 Å². The Labute approximate surface area is 193 Å². The summed E-state index contributed by atoms with van der Waals surface area (Å²) in [6.07, 6.45) is 11.8. The second-order valence-electron chi connectivity index (χ2n) is 10.8. The minimum atomic E-state index is -0.0731. The summed E-state index contributed by atoms with van der Waals surface area (Å²) in [6.45, 7) is 6.99. The molecular weight excluding hydrogens is 400 g/mol. The first kappa shape index (κ1) is 22.4. The molecule has 3 aliphatic carbocycles. The highest BCUT2D eigenvalue weighted by atomic mass is 16.7. The molecule has 1 saturated heterocycles. The summed E-state index contributed by atoms with van der Waals surface area (Å²) in [4.78, 5) is 0. The van der Waals surface area contributed by atoms with Crippen LogP contribution >= 0.6 is 0 Å². The van der Waals surface area contributed by atoms with Gasteiger partial charge in [0.25, 0.3) is 0 Å². The molecule has 32 heavy (non-hydrogen) atoms. The Morgan fingerprint density at radius 1 is 1.22 bits per heavy atom. The molecule has 4 aliphatic rings. The zero-order chi connectivity index (χ0) is 22.1. The van der Waals surface area contributed by atoms with Crippen LogP contribution in [0.4, 0.5) is 0 Å². The van der Waals surface area contributed by atoms with Gasteiger partial charge in [-0.25, -0.2) is 0 Å². The third-order valence-electron chi connectivity index (χ3n) is 8.98. The standard InChI is InChI=1S/C28H40O4/c1-19-17-20-18-22(32-26-5-3-4-14-31-26)7-8-23(20)24-10-12-28(2)21(11-15-30-16-13-29)6-9-25(28)27(19)24/h7-8,11,18-19,24-27,29H,3-6,9-10,12-17H2,1-2H3/b21-11+. The molecule has 176 valence electrons. The fraction of sp³-hybridized carbons (Fsp3) is 0.714. The molecule has 1 aromatic carbocycles. The molecule has 0 bridgehead atoms. The van der Waals surface area contributed by atoms with Crippen molar-refractivity contribution in [1.82, 2.24) is 0 Å². The van der Waals surface area contributed by atoms with Crippen LogP contribution in [0, 0.1) is 23.2 Å². The maximum Gasteiger partial charge on any atom is 0.199 e. The monoisotopic (exact) mass is 440 g/mol. The molecule has 6 unspecified atom stereocenters. The SMILES string of the molecule is CC1Cc2cc(OC3CCCCO3)ccc2C2CCC3(C)/C(=C/COCCO)CCC3C12. The minimum absolute atomic E-state index is 0.0731. The van der Waals surface area contributed by atoms with Crippen LogP contribution in [-0.4, -0.2) is 37.8 Å². The van der Waals surface area contributed by atoms with Gasteiger partial charge in [-0.2, -0.15) is 0 Å². The maximum atomic E-state index is 8.97. The average Bonchev–Trinajstić information content (AvgIpc) is 3.13. The Morgan fingerprint density at radius 2 is 2.12 bits per heavy atom. The zero-order valence-electron chi connectivity index (χ0n) is 19.9. The summed E-state index contributed by atoms with van der Waals surface area (Å²) < 4.78 is 17.5. The molecule has 4 heteroatoms. The minimum Gasteiger partial charge on any atom is -0.465 e. The molecule has 1 heterocycles.